The maximum Gasteiger partial charge on any atom is 0.217 e. The molecule has 3 aromatic carbocycles. The monoisotopic (exact) mass is 662 g/mol. The fourth-order valence-corrected chi connectivity index (χ4v) is 11.2. The summed E-state index contributed by atoms with van der Waals surface area (Å²) in [6.07, 6.45) is 14.7. The molecule has 2 unspecified atom stereocenters. The van der Waals surface area contributed by atoms with E-state index in [-0.39, 0.29) is 11.0 Å². The van der Waals surface area contributed by atoms with Gasteiger partial charge in [-0.05, 0) is 136 Å². The molecule has 9 rings (SSSR count). The van der Waals surface area contributed by atoms with Gasteiger partial charge in [0.15, 0.2) is 18.3 Å². The second-order valence-electron chi connectivity index (χ2n) is 16.4. The highest BCUT2D eigenvalue weighted by atomic mass is 15.1. The van der Waals surface area contributed by atoms with Gasteiger partial charge in [0.1, 0.15) is 0 Å². The Hall–Kier alpha value is -3.78. The van der Waals surface area contributed by atoms with Gasteiger partial charge in [0.2, 0.25) is 16.9 Å². The Morgan fingerprint density at radius 1 is 0.740 bits per heavy atom. The molecule has 2 aromatic heterocycles. The van der Waals surface area contributed by atoms with Crippen molar-refractivity contribution in [1.82, 2.24) is 0 Å². The first-order chi connectivity index (χ1) is 24.3. The van der Waals surface area contributed by atoms with E-state index in [4.69, 9.17) is 0 Å². The standard InChI is InChI=1S/C48H58N2/c1-8-11-17-35-20-25-39-40(31-35)47(7,9-2)48(10-3,50-27-15-14-19-41(39)50)26-28-49-42-30-32(4)29-34(6)43(42)44-36-21-23-37(24-22-36)45(44)46(49)38-18-13-12-16-33(38)5/h12-16,18-20,25,27,29-31,36-37H,8-11,17,21-24,26,28H2,1-7H3/q+2. The molecule has 0 N–H and O–H groups in total. The summed E-state index contributed by atoms with van der Waals surface area (Å²) in [5, 5.41) is 1.56. The van der Waals surface area contributed by atoms with E-state index < -0.39 is 0 Å². The highest BCUT2D eigenvalue weighted by Gasteiger charge is 2.60. The van der Waals surface area contributed by atoms with Gasteiger partial charge in [-0.2, -0.15) is 9.13 Å². The Labute approximate surface area is 301 Å². The topological polar surface area (TPSA) is 7.76 Å². The summed E-state index contributed by atoms with van der Waals surface area (Å²) < 4.78 is 5.55. The van der Waals surface area contributed by atoms with Crippen LogP contribution in [0, 0.1) is 20.8 Å². The Balaban J connectivity index is 1.38. The summed E-state index contributed by atoms with van der Waals surface area (Å²) in [5.41, 5.74) is 17.8. The van der Waals surface area contributed by atoms with Gasteiger partial charge in [0.25, 0.3) is 0 Å². The summed E-state index contributed by atoms with van der Waals surface area (Å²) in [4.78, 5) is 0. The van der Waals surface area contributed by atoms with Gasteiger partial charge in [-0.3, -0.25) is 0 Å². The molecule has 0 amide bonds. The van der Waals surface area contributed by atoms with Crippen LogP contribution in [-0.2, 0) is 23.9 Å². The second-order valence-corrected chi connectivity index (χ2v) is 16.4. The van der Waals surface area contributed by atoms with Crippen LogP contribution in [0.25, 0.3) is 33.4 Å². The van der Waals surface area contributed by atoms with Gasteiger partial charge in [-0.1, -0.05) is 63.6 Å². The van der Waals surface area contributed by atoms with Crippen molar-refractivity contribution in [3.63, 3.8) is 0 Å². The van der Waals surface area contributed by atoms with Crippen molar-refractivity contribution >= 4 is 10.9 Å². The number of aromatic nitrogens is 2. The average Bonchev–Trinajstić information content (AvgIpc) is 3.14. The lowest BCUT2D eigenvalue weighted by Gasteiger charge is -2.48. The third kappa shape index (κ3) is 4.87. The Morgan fingerprint density at radius 3 is 2.20 bits per heavy atom. The summed E-state index contributed by atoms with van der Waals surface area (Å²) in [5.74, 6) is 1.33. The zero-order valence-corrected chi connectivity index (χ0v) is 31.8. The third-order valence-electron chi connectivity index (χ3n) is 13.9. The fraction of sp³-hybridized carbons (Fsp3) is 0.458. The summed E-state index contributed by atoms with van der Waals surface area (Å²) in [7, 11) is 0. The van der Waals surface area contributed by atoms with Gasteiger partial charge in [0.05, 0.1) is 22.8 Å². The van der Waals surface area contributed by atoms with Crippen molar-refractivity contribution in [3.05, 3.63) is 118 Å². The first-order valence-electron chi connectivity index (χ1n) is 20.0. The Bertz CT molecular complexity index is 2100. The largest absolute Gasteiger partial charge is 0.217 e. The highest BCUT2D eigenvalue weighted by Crippen LogP contribution is 2.55. The SMILES string of the molecule is CCCCc1ccc2c(c1)C(C)(CC)C(CC)(CC[n+]1c(-c3ccccc3C)c3c(c4c(C)cc(C)cc41)C1CCC3CC1)[n+]1ccccc1-2. The first-order valence-corrected chi connectivity index (χ1v) is 20.0. The molecule has 0 spiro atoms. The van der Waals surface area contributed by atoms with E-state index in [2.05, 4.69) is 137 Å². The quantitative estimate of drug-likeness (QED) is 0.139. The molecule has 1 saturated carbocycles. The molecule has 0 radical (unpaired) electrons. The van der Waals surface area contributed by atoms with Crippen LogP contribution in [0.5, 0.6) is 0 Å². The molecule has 1 fully saturated rings. The van der Waals surface area contributed by atoms with Crippen LogP contribution < -0.4 is 9.13 Å². The van der Waals surface area contributed by atoms with E-state index in [1.165, 1.54) is 88.8 Å². The molecular formula is C48H58N2+2. The molecule has 3 heterocycles. The summed E-state index contributed by atoms with van der Waals surface area (Å²) >= 11 is 0. The molecule has 1 aliphatic heterocycles. The summed E-state index contributed by atoms with van der Waals surface area (Å²) in [6, 6.07) is 28.6. The number of nitrogens with zero attached hydrogens (tertiary/aromatic N) is 2. The van der Waals surface area contributed by atoms with Gasteiger partial charge >= 0.3 is 0 Å². The molecule has 2 bridgehead atoms. The molecule has 5 aromatic rings. The van der Waals surface area contributed by atoms with Crippen LogP contribution in [-0.4, -0.2) is 0 Å². The molecular weight excluding hydrogens is 605 g/mol. The van der Waals surface area contributed by atoms with Crippen molar-refractivity contribution in [3.8, 4) is 22.5 Å². The van der Waals surface area contributed by atoms with Crippen molar-refractivity contribution < 1.29 is 9.13 Å². The van der Waals surface area contributed by atoms with Crippen LogP contribution in [0.15, 0.2) is 79.0 Å². The van der Waals surface area contributed by atoms with E-state index in [0.717, 1.165) is 32.2 Å². The number of unbranched alkanes of at least 4 members (excludes halogenated alkanes) is 1. The molecule has 4 aliphatic rings. The van der Waals surface area contributed by atoms with Crippen molar-refractivity contribution in [1.29, 1.82) is 0 Å². The number of aryl methyl sites for hydroxylation is 5. The van der Waals surface area contributed by atoms with E-state index >= 15 is 0 Å². The molecule has 50 heavy (non-hydrogen) atoms. The van der Waals surface area contributed by atoms with Crippen LogP contribution in [0.4, 0.5) is 0 Å². The van der Waals surface area contributed by atoms with Crippen LogP contribution >= 0.6 is 0 Å². The minimum Gasteiger partial charge on any atom is -0.192 e. The van der Waals surface area contributed by atoms with E-state index in [1.54, 1.807) is 22.1 Å². The Kier molecular flexibility index (Phi) is 8.52. The molecule has 258 valence electrons. The number of pyridine rings is 2. The number of benzene rings is 3. The minimum absolute atomic E-state index is 0.0172. The van der Waals surface area contributed by atoms with Crippen molar-refractivity contribution in [2.45, 2.75) is 142 Å². The maximum absolute atomic E-state index is 2.83. The minimum atomic E-state index is -0.0785. The highest BCUT2D eigenvalue weighted by molar-refractivity contribution is 5.89. The van der Waals surface area contributed by atoms with E-state index in [9.17, 15) is 0 Å². The van der Waals surface area contributed by atoms with Crippen molar-refractivity contribution in [2.24, 2.45) is 0 Å². The average molecular weight is 663 g/mol. The lowest BCUT2D eigenvalue weighted by atomic mass is 9.58. The van der Waals surface area contributed by atoms with Gasteiger partial charge < -0.3 is 0 Å². The second kappa shape index (κ2) is 12.8. The lowest BCUT2D eigenvalue weighted by Crippen LogP contribution is -2.70. The Morgan fingerprint density at radius 2 is 1.48 bits per heavy atom. The normalized spacial score (nSPS) is 23.5. The molecule has 2 heteroatoms. The van der Waals surface area contributed by atoms with Gasteiger partial charge in [0, 0.05) is 35.7 Å². The first kappa shape index (κ1) is 33.4. The number of rotatable bonds is 9. The molecule has 0 saturated heterocycles. The fourth-order valence-electron chi connectivity index (χ4n) is 11.2. The van der Waals surface area contributed by atoms with Crippen LogP contribution in [0.2, 0.25) is 0 Å². The molecule has 2 atom stereocenters. The van der Waals surface area contributed by atoms with E-state index in [1.807, 2.05) is 0 Å². The van der Waals surface area contributed by atoms with Gasteiger partial charge in [-0.25, -0.2) is 0 Å². The third-order valence-corrected chi connectivity index (χ3v) is 13.9. The van der Waals surface area contributed by atoms with Crippen LogP contribution in [0.3, 0.4) is 0 Å². The smallest absolute Gasteiger partial charge is 0.192 e. The van der Waals surface area contributed by atoms with Gasteiger partial charge in [-0.15, -0.1) is 0 Å². The van der Waals surface area contributed by atoms with E-state index in [0.29, 0.717) is 11.8 Å². The maximum atomic E-state index is 2.83. The number of fused-ring (bicyclic) bond motifs is 6. The number of hydrogen-bond donors (Lipinski definition) is 0. The lowest BCUT2D eigenvalue weighted by molar-refractivity contribution is -0.779. The number of hydrogen-bond acceptors (Lipinski definition) is 0. The zero-order valence-electron chi connectivity index (χ0n) is 31.8. The van der Waals surface area contributed by atoms with Crippen molar-refractivity contribution in [2.75, 3.05) is 0 Å². The predicted molar refractivity (Wildman–Crippen MR) is 209 cm³/mol. The predicted octanol–water partition coefficient (Wildman–Crippen LogP) is 11.6. The zero-order chi connectivity index (χ0) is 34.8. The van der Waals surface area contributed by atoms with Crippen LogP contribution in [0.1, 0.15) is 136 Å². The summed E-state index contributed by atoms with van der Waals surface area (Å²) in [6.45, 7) is 17.8. The molecule has 2 nitrogen and oxygen atoms in total. The molecule has 3 aliphatic carbocycles.